The zero-order valence-electron chi connectivity index (χ0n) is 44.2. The Bertz CT molecular complexity index is 2400. The van der Waals surface area contributed by atoms with Crippen molar-refractivity contribution >= 4 is 80.7 Å². The molecule has 2 aromatic rings. The Morgan fingerprint density at radius 2 is 1.25 bits per heavy atom. The Balaban J connectivity index is 1.40. The minimum atomic E-state index is -1.62. The summed E-state index contributed by atoms with van der Waals surface area (Å²) in [6.07, 6.45) is 7.87. The molecule has 23 heteroatoms. The summed E-state index contributed by atoms with van der Waals surface area (Å²) in [5.74, 6) is -7.04. The summed E-state index contributed by atoms with van der Waals surface area (Å²) in [6, 6.07) is 9.48. The first-order chi connectivity index (χ1) is 36.8. The van der Waals surface area contributed by atoms with E-state index in [0.29, 0.717) is 18.4 Å². The molecule has 0 spiro atoms. The monoisotopic (exact) mass is 1100 g/mol. The van der Waals surface area contributed by atoms with Gasteiger partial charge in [0.25, 0.3) is 0 Å². The van der Waals surface area contributed by atoms with Crippen LogP contribution in [-0.2, 0) is 56.0 Å². The van der Waals surface area contributed by atoms with Crippen molar-refractivity contribution in [2.75, 3.05) is 18.8 Å². The lowest BCUT2D eigenvalue weighted by Gasteiger charge is -2.43. The van der Waals surface area contributed by atoms with Crippen LogP contribution in [0.2, 0.25) is 0 Å². The SMILES string of the molecule is CC(C)[C@@H]1NC(=O)[C@H](Cc2ccccc2)NC(=O)[C@@H](Cc2ccccc2)NC(=O)CC(C2CCCC2)(C2CCCC2)SSC[C@@H](C(=O)N2CCC[C@@H]2C(=O)N[C@@H](CCCN=C(N)N)C(N)=O)NC(=O)[C@H](CC(N)=O)NC1=O. The first-order valence-corrected chi connectivity index (χ1v) is 29.3. The molecule has 2 saturated heterocycles. The number of hydrogen-bond acceptors (Lipinski definition) is 12. The Morgan fingerprint density at radius 3 is 1.79 bits per heavy atom. The number of nitrogens with zero attached hydrogens (tertiary/aromatic N) is 2. The molecular formula is C54H78N12O9S2. The van der Waals surface area contributed by atoms with Gasteiger partial charge in [-0.1, -0.05) is 122 Å². The summed E-state index contributed by atoms with van der Waals surface area (Å²) in [6.45, 7) is 3.65. The maximum atomic E-state index is 15.1. The molecule has 2 heterocycles. The molecule has 6 rings (SSSR count). The summed E-state index contributed by atoms with van der Waals surface area (Å²) in [7, 11) is 2.84. The fourth-order valence-corrected chi connectivity index (χ4v) is 15.0. The Labute approximate surface area is 458 Å². The van der Waals surface area contributed by atoms with Crippen LogP contribution in [0, 0.1) is 17.8 Å². The van der Waals surface area contributed by atoms with E-state index in [1.165, 1.54) is 26.5 Å². The number of aliphatic imine (C=N–C) groups is 1. The average Bonchev–Trinajstić information content (AvgIpc) is 4.24. The van der Waals surface area contributed by atoms with Crippen LogP contribution in [-0.4, -0.2) is 130 Å². The maximum Gasteiger partial charge on any atom is 0.246 e. The lowest BCUT2D eigenvalue weighted by Crippen LogP contribution is -2.61. The molecule has 9 amide bonds. The number of carbonyl (C=O) groups is 9. The van der Waals surface area contributed by atoms with E-state index < -0.39 is 107 Å². The fourth-order valence-electron chi connectivity index (χ4n) is 11.2. The zero-order valence-corrected chi connectivity index (χ0v) is 45.8. The van der Waals surface area contributed by atoms with Gasteiger partial charge in [0.05, 0.1) is 6.42 Å². The van der Waals surface area contributed by atoms with E-state index in [9.17, 15) is 38.4 Å². The van der Waals surface area contributed by atoms with Gasteiger partial charge in [-0.2, -0.15) is 0 Å². The average molecular weight is 1100 g/mol. The van der Waals surface area contributed by atoms with Crippen molar-refractivity contribution in [3.8, 4) is 0 Å². The van der Waals surface area contributed by atoms with E-state index >= 15 is 4.79 Å². The van der Waals surface area contributed by atoms with E-state index in [1.807, 2.05) is 36.4 Å². The first kappa shape index (κ1) is 59.9. The third kappa shape index (κ3) is 17.1. The van der Waals surface area contributed by atoms with Crippen molar-refractivity contribution in [2.45, 2.75) is 164 Å². The number of rotatable bonds is 17. The number of nitrogens with two attached hydrogens (primary N) is 4. The highest BCUT2D eigenvalue weighted by Gasteiger charge is 2.50. The number of amides is 9. The largest absolute Gasteiger partial charge is 0.370 e. The molecule has 14 N–H and O–H groups in total. The second-order valence-electron chi connectivity index (χ2n) is 21.1. The summed E-state index contributed by atoms with van der Waals surface area (Å²) in [5.41, 5.74) is 23.8. The maximum absolute atomic E-state index is 15.1. The van der Waals surface area contributed by atoms with E-state index in [2.05, 4.69) is 36.9 Å². The topological polar surface area (TPSA) is 345 Å². The number of carbonyl (C=O) groups excluding carboxylic acids is 9. The minimum Gasteiger partial charge on any atom is -0.370 e. The van der Waals surface area contributed by atoms with Gasteiger partial charge < -0.3 is 59.7 Å². The molecule has 0 radical (unpaired) electrons. The van der Waals surface area contributed by atoms with E-state index in [4.69, 9.17) is 22.9 Å². The highest BCUT2D eigenvalue weighted by molar-refractivity contribution is 8.77. The van der Waals surface area contributed by atoms with Crippen molar-refractivity contribution in [3.63, 3.8) is 0 Å². The van der Waals surface area contributed by atoms with Crippen molar-refractivity contribution in [1.29, 1.82) is 0 Å². The van der Waals surface area contributed by atoms with Crippen LogP contribution >= 0.6 is 21.6 Å². The van der Waals surface area contributed by atoms with Crippen molar-refractivity contribution in [1.82, 2.24) is 36.8 Å². The number of nitrogens with one attached hydrogen (secondary N) is 6. The molecule has 2 saturated carbocycles. The minimum absolute atomic E-state index is 0.0191. The Hall–Kier alpha value is -6.36. The molecule has 2 aliphatic carbocycles. The van der Waals surface area contributed by atoms with Gasteiger partial charge in [-0.25, -0.2) is 0 Å². The quantitative estimate of drug-likeness (QED) is 0.0464. The summed E-state index contributed by atoms with van der Waals surface area (Å²) < 4.78 is -0.681. The van der Waals surface area contributed by atoms with Gasteiger partial charge in [-0.15, -0.1) is 0 Å². The molecule has 2 aromatic carbocycles. The van der Waals surface area contributed by atoms with Crippen LogP contribution in [0.1, 0.15) is 115 Å². The zero-order chi connectivity index (χ0) is 55.6. The molecule has 0 bridgehead atoms. The molecule has 0 aromatic heterocycles. The van der Waals surface area contributed by atoms with Crippen LogP contribution in [0.3, 0.4) is 0 Å². The summed E-state index contributed by atoms with van der Waals surface area (Å²) in [4.78, 5) is 133. The highest BCUT2D eigenvalue weighted by atomic mass is 33.1. The molecule has 4 aliphatic rings. The van der Waals surface area contributed by atoms with Gasteiger partial charge in [0, 0.05) is 42.9 Å². The Morgan fingerprint density at radius 1 is 0.701 bits per heavy atom. The van der Waals surface area contributed by atoms with E-state index in [1.54, 1.807) is 38.1 Å². The third-order valence-corrected chi connectivity index (χ3v) is 18.6. The number of hydrogen-bond donors (Lipinski definition) is 10. The number of guanidine groups is 1. The Kier molecular flexibility index (Phi) is 22.4. The highest BCUT2D eigenvalue weighted by Crippen LogP contribution is 2.57. The van der Waals surface area contributed by atoms with E-state index in [0.717, 1.165) is 56.9 Å². The molecule has 7 atom stereocenters. The predicted octanol–water partition coefficient (Wildman–Crippen LogP) is 1.35. The molecule has 21 nitrogen and oxygen atoms in total. The summed E-state index contributed by atoms with van der Waals surface area (Å²) >= 11 is 0. The lowest BCUT2D eigenvalue weighted by atomic mass is 9.76. The molecule has 0 unspecified atom stereocenters. The second kappa shape index (κ2) is 28.9. The lowest BCUT2D eigenvalue weighted by molar-refractivity contribution is -0.142. The van der Waals surface area contributed by atoms with Crippen LogP contribution in [0.5, 0.6) is 0 Å². The normalized spacial score (nSPS) is 24.9. The predicted molar refractivity (Wildman–Crippen MR) is 296 cm³/mol. The first-order valence-electron chi connectivity index (χ1n) is 27.0. The number of benzene rings is 2. The van der Waals surface area contributed by atoms with Gasteiger partial charge in [0.2, 0.25) is 53.2 Å². The van der Waals surface area contributed by atoms with Crippen LogP contribution in [0.25, 0.3) is 0 Å². The van der Waals surface area contributed by atoms with Gasteiger partial charge in [-0.3, -0.25) is 48.1 Å². The third-order valence-electron chi connectivity index (χ3n) is 15.2. The number of likely N-dealkylation sites (tertiary alicyclic amines) is 1. The van der Waals surface area contributed by atoms with Gasteiger partial charge in [-0.05, 0) is 80.2 Å². The van der Waals surface area contributed by atoms with E-state index in [-0.39, 0.29) is 74.6 Å². The van der Waals surface area contributed by atoms with Gasteiger partial charge >= 0.3 is 0 Å². The van der Waals surface area contributed by atoms with Crippen LogP contribution < -0.4 is 54.8 Å². The van der Waals surface area contributed by atoms with Gasteiger partial charge in [0.1, 0.15) is 42.3 Å². The molecular weight excluding hydrogens is 1020 g/mol. The van der Waals surface area contributed by atoms with Crippen LogP contribution in [0.15, 0.2) is 65.7 Å². The van der Waals surface area contributed by atoms with Crippen LogP contribution in [0.4, 0.5) is 0 Å². The summed E-state index contributed by atoms with van der Waals surface area (Å²) in [5, 5.41) is 16.9. The molecule has 77 heavy (non-hydrogen) atoms. The van der Waals surface area contributed by atoms with Crippen molar-refractivity contribution < 1.29 is 43.2 Å². The van der Waals surface area contributed by atoms with Crippen molar-refractivity contribution in [3.05, 3.63) is 71.8 Å². The second-order valence-corrected chi connectivity index (χ2v) is 23.9. The smallest absolute Gasteiger partial charge is 0.246 e. The fraction of sp³-hybridized carbons (Fsp3) is 0.593. The van der Waals surface area contributed by atoms with Gasteiger partial charge in [0.15, 0.2) is 5.96 Å². The standard InChI is InChI=1S/C54H78N12O9S2/c1-32(2)45-51(74)63-40(29-43(55)67)48(71)64-41(52(75)66-26-14-24-42(66)50(73)61-37(46(56)69)23-13-25-59-53(57)58)31-76-77-54(35-19-9-10-20-35,36-21-11-12-22-36)30-44(68)60-38(27-33-15-5-3-6-16-33)47(70)62-39(49(72)65-45)28-34-17-7-4-8-18-34/h3-8,15-18,32,35-42,45H,9-14,19-31H2,1-2H3,(H2,55,67)(H2,56,69)(H,60,68)(H,61,73)(H,62,70)(H,63,74)(H,64,71)(H,65,72)(H4,57,58,59)/t37-,38+,39-,40-,41-,42+,45-/m0/s1. The molecule has 4 fully saturated rings. The van der Waals surface area contributed by atoms with Crippen molar-refractivity contribution in [2.24, 2.45) is 45.7 Å². The molecule has 420 valence electrons. The molecule has 2 aliphatic heterocycles. The number of primary amides is 2.